The summed E-state index contributed by atoms with van der Waals surface area (Å²) in [4.78, 5) is 14.1. The maximum atomic E-state index is 4.44. The van der Waals surface area contributed by atoms with Crippen LogP contribution < -0.4 is 4.90 Å². The van der Waals surface area contributed by atoms with Crippen LogP contribution in [0.3, 0.4) is 0 Å². The minimum Gasteiger partial charge on any atom is -0.367 e. The first-order valence-corrected chi connectivity index (χ1v) is 13.9. The Labute approximate surface area is 219 Å². The molecular formula is C32H46N2O2. The lowest BCUT2D eigenvalue weighted by molar-refractivity contribution is -0.248. The molecule has 0 unspecified atom stereocenters. The number of nitrogens with zero attached hydrogens (tertiary/aromatic N) is 2. The molecule has 0 bridgehead atoms. The van der Waals surface area contributed by atoms with Gasteiger partial charge in [-0.15, -0.1) is 0 Å². The zero-order valence-electron chi connectivity index (χ0n) is 23.0. The number of hydrogen-bond donors (Lipinski definition) is 0. The van der Waals surface area contributed by atoms with Crippen molar-refractivity contribution in [2.75, 3.05) is 44.3 Å². The molecule has 1 aliphatic heterocycles. The average molecular weight is 491 g/mol. The minimum atomic E-state index is 0.778. The second-order valence-corrected chi connectivity index (χ2v) is 10.00. The van der Waals surface area contributed by atoms with Crippen molar-refractivity contribution in [3.05, 3.63) is 77.4 Å². The zero-order valence-corrected chi connectivity index (χ0v) is 23.0. The molecule has 4 rings (SSSR count). The fourth-order valence-electron chi connectivity index (χ4n) is 4.95. The van der Waals surface area contributed by atoms with Crippen molar-refractivity contribution in [1.82, 2.24) is 4.90 Å². The molecule has 3 aromatic rings. The second kappa shape index (κ2) is 15.7. The molecule has 36 heavy (non-hydrogen) atoms. The molecule has 0 amide bonds. The first kappa shape index (κ1) is 28.2. The highest BCUT2D eigenvalue weighted by atomic mass is 17.2. The van der Waals surface area contributed by atoms with E-state index in [9.17, 15) is 0 Å². The summed E-state index contributed by atoms with van der Waals surface area (Å²) >= 11 is 0. The second-order valence-electron chi connectivity index (χ2n) is 10.00. The van der Waals surface area contributed by atoms with Gasteiger partial charge in [0.05, 0.1) is 13.2 Å². The summed E-state index contributed by atoms with van der Waals surface area (Å²) in [6.07, 6.45) is 6.03. The summed E-state index contributed by atoms with van der Waals surface area (Å²) in [5, 5.41) is 2.63. The van der Waals surface area contributed by atoms with E-state index in [-0.39, 0.29) is 0 Å². The van der Waals surface area contributed by atoms with E-state index >= 15 is 0 Å². The smallest absolute Gasteiger partial charge is 0.0845 e. The van der Waals surface area contributed by atoms with Gasteiger partial charge in [-0.3, -0.25) is 0 Å². The predicted molar refractivity (Wildman–Crippen MR) is 154 cm³/mol. The largest absolute Gasteiger partial charge is 0.367 e. The van der Waals surface area contributed by atoms with Crippen molar-refractivity contribution >= 4 is 16.5 Å². The molecule has 0 radical (unpaired) electrons. The Balaban J connectivity index is 0.000000642. The van der Waals surface area contributed by atoms with E-state index < -0.39 is 0 Å². The van der Waals surface area contributed by atoms with Crippen LogP contribution in [-0.2, 0) is 16.3 Å². The molecule has 1 saturated heterocycles. The van der Waals surface area contributed by atoms with E-state index in [2.05, 4.69) is 108 Å². The summed E-state index contributed by atoms with van der Waals surface area (Å²) in [5.41, 5.74) is 5.44. The van der Waals surface area contributed by atoms with Crippen LogP contribution in [0.2, 0.25) is 0 Å². The van der Waals surface area contributed by atoms with Gasteiger partial charge in [-0.1, -0.05) is 73.5 Å². The summed E-state index contributed by atoms with van der Waals surface area (Å²) in [5.74, 6) is 0. The van der Waals surface area contributed by atoms with Crippen LogP contribution >= 0.6 is 0 Å². The van der Waals surface area contributed by atoms with Crippen LogP contribution in [0.5, 0.6) is 0 Å². The van der Waals surface area contributed by atoms with Crippen molar-refractivity contribution in [3.8, 4) is 0 Å². The Hall–Kier alpha value is -2.40. The number of unbranched alkanes of at least 4 members (excludes halogenated alkanes) is 1. The van der Waals surface area contributed by atoms with E-state index in [0.717, 1.165) is 32.7 Å². The van der Waals surface area contributed by atoms with Crippen LogP contribution in [-0.4, -0.2) is 44.3 Å². The van der Waals surface area contributed by atoms with Crippen molar-refractivity contribution in [2.45, 2.75) is 66.3 Å². The van der Waals surface area contributed by atoms with Gasteiger partial charge in [0.25, 0.3) is 0 Å². The molecule has 1 aliphatic rings. The number of anilines is 1. The van der Waals surface area contributed by atoms with E-state index in [0.29, 0.717) is 0 Å². The minimum absolute atomic E-state index is 0.778. The molecule has 3 aromatic carbocycles. The molecule has 196 valence electrons. The van der Waals surface area contributed by atoms with Crippen molar-refractivity contribution in [2.24, 2.45) is 0 Å². The molecular weight excluding hydrogens is 444 g/mol. The maximum Gasteiger partial charge on any atom is 0.0845 e. The Morgan fingerprint density at radius 1 is 0.694 bits per heavy atom. The van der Waals surface area contributed by atoms with Gasteiger partial charge in [-0.25, -0.2) is 9.78 Å². The van der Waals surface area contributed by atoms with Gasteiger partial charge in [0.15, 0.2) is 0 Å². The molecule has 0 N–H and O–H groups in total. The van der Waals surface area contributed by atoms with Crippen LogP contribution in [0.1, 0.15) is 62.6 Å². The number of fused-ring (bicyclic) bond motifs is 1. The highest BCUT2D eigenvalue weighted by molar-refractivity contribution is 5.85. The monoisotopic (exact) mass is 490 g/mol. The van der Waals surface area contributed by atoms with Gasteiger partial charge in [0.1, 0.15) is 0 Å². The topological polar surface area (TPSA) is 24.9 Å². The molecule has 0 aromatic heterocycles. The van der Waals surface area contributed by atoms with Gasteiger partial charge in [-0.05, 0) is 87.6 Å². The molecule has 0 aliphatic carbocycles. The van der Waals surface area contributed by atoms with E-state index in [1.165, 1.54) is 78.5 Å². The number of aryl methyl sites for hydroxylation is 2. The number of benzene rings is 3. The van der Waals surface area contributed by atoms with Crippen LogP contribution in [0.4, 0.5) is 5.69 Å². The van der Waals surface area contributed by atoms with Crippen LogP contribution in [0.15, 0.2) is 60.7 Å². The van der Waals surface area contributed by atoms with E-state index in [1.807, 2.05) is 0 Å². The summed E-state index contributed by atoms with van der Waals surface area (Å²) in [7, 11) is 0. The molecule has 0 saturated carbocycles. The van der Waals surface area contributed by atoms with Gasteiger partial charge < -0.3 is 9.80 Å². The summed E-state index contributed by atoms with van der Waals surface area (Å²) < 4.78 is 0. The number of rotatable bonds is 12. The first-order valence-electron chi connectivity index (χ1n) is 13.9. The lowest BCUT2D eigenvalue weighted by atomic mass is 10.1. The SMILES string of the molecule is C1COOC1.CCCN(CCC)CCCCN(Cc1cc(C)cc(C)c1)c1ccc2ccccc2c1. The lowest BCUT2D eigenvalue weighted by Crippen LogP contribution is -2.28. The highest BCUT2D eigenvalue weighted by Crippen LogP contribution is 2.25. The maximum absolute atomic E-state index is 4.44. The standard InChI is InChI=1S/C29H40N2.C3H6O2/c1-5-15-30(16-6-2)17-9-10-18-31(23-26-20-24(3)19-25(4)21-26)29-14-13-27-11-7-8-12-28(27)22-29;1-2-4-5-3-1/h7-8,11-14,19-22H,5-6,9-10,15-18,23H2,1-4H3;1-3H2. The average Bonchev–Trinajstić information content (AvgIpc) is 3.46. The van der Waals surface area contributed by atoms with Gasteiger partial charge in [0, 0.05) is 25.2 Å². The fraction of sp³-hybridized carbons (Fsp3) is 0.500. The Bertz CT molecular complexity index is 998. The van der Waals surface area contributed by atoms with Crippen LogP contribution in [0, 0.1) is 13.8 Å². The van der Waals surface area contributed by atoms with Crippen molar-refractivity contribution in [3.63, 3.8) is 0 Å². The molecule has 1 heterocycles. The predicted octanol–water partition coefficient (Wildman–Crippen LogP) is 7.70. The molecule has 4 heteroatoms. The van der Waals surface area contributed by atoms with Gasteiger partial charge in [-0.2, -0.15) is 0 Å². The Kier molecular flexibility index (Phi) is 12.3. The Morgan fingerprint density at radius 2 is 1.33 bits per heavy atom. The number of hydrogen-bond acceptors (Lipinski definition) is 4. The van der Waals surface area contributed by atoms with Crippen molar-refractivity contribution < 1.29 is 9.78 Å². The summed E-state index contributed by atoms with van der Waals surface area (Å²) in [6.45, 7) is 16.3. The molecule has 1 fully saturated rings. The van der Waals surface area contributed by atoms with Crippen LogP contribution in [0.25, 0.3) is 10.8 Å². The van der Waals surface area contributed by atoms with E-state index in [4.69, 9.17) is 0 Å². The van der Waals surface area contributed by atoms with E-state index in [1.54, 1.807) is 0 Å². The lowest BCUT2D eigenvalue weighted by Gasteiger charge is -2.27. The first-order chi connectivity index (χ1) is 17.6. The quantitative estimate of drug-likeness (QED) is 0.192. The molecule has 0 spiro atoms. The zero-order chi connectivity index (χ0) is 25.6. The third-order valence-electron chi connectivity index (χ3n) is 6.52. The van der Waals surface area contributed by atoms with Gasteiger partial charge in [0.2, 0.25) is 0 Å². The van der Waals surface area contributed by atoms with Gasteiger partial charge >= 0.3 is 0 Å². The molecule has 0 atom stereocenters. The Morgan fingerprint density at radius 3 is 1.94 bits per heavy atom. The fourth-order valence-corrected chi connectivity index (χ4v) is 4.95. The summed E-state index contributed by atoms with van der Waals surface area (Å²) in [6, 6.07) is 22.5. The third kappa shape index (κ3) is 9.57. The van der Waals surface area contributed by atoms with Crippen molar-refractivity contribution in [1.29, 1.82) is 0 Å². The highest BCUT2D eigenvalue weighted by Gasteiger charge is 2.10. The molecule has 4 nitrogen and oxygen atoms in total. The normalized spacial score (nSPS) is 13.1. The third-order valence-corrected chi connectivity index (χ3v) is 6.52.